The van der Waals surface area contributed by atoms with E-state index in [-0.39, 0.29) is 0 Å². The highest BCUT2D eigenvalue weighted by molar-refractivity contribution is 5.19. The predicted molar refractivity (Wildman–Crippen MR) is 77.5 cm³/mol. The third-order valence-electron chi connectivity index (χ3n) is 3.81. The van der Waals surface area contributed by atoms with Crippen LogP contribution in [0.15, 0.2) is 4.42 Å². The fraction of sp³-hybridized carbons (Fsp3) is 0.857. The van der Waals surface area contributed by atoms with Crippen molar-refractivity contribution in [2.24, 2.45) is 5.92 Å². The molecule has 1 heterocycles. The number of nitrogens with zero attached hydrogens (tertiary/aromatic N) is 2. The minimum absolute atomic E-state index is 0.467. The third-order valence-corrected chi connectivity index (χ3v) is 3.81. The molecule has 0 bridgehead atoms. The van der Waals surface area contributed by atoms with Crippen LogP contribution >= 0.6 is 0 Å². The second-order valence-electron chi connectivity index (χ2n) is 5.63. The quantitative estimate of drug-likeness (QED) is 0.590. The first-order valence-corrected chi connectivity index (χ1v) is 7.56. The number of hydrogen-bond acceptors (Lipinski definition) is 6. The summed E-state index contributed by atoms with van der Waals surface area (Å²) in [5, 5.41) is 14.7. The van der Waals surface area contributed by atoms with Crippen LogP contribution in [-0.4, -0.2) is 36.5 Å². The van der Waals surface area contributed by atoms with Crippen LogP contribution in [0.3, 0.4) is 0 Å². The zero-order chi connectivity index (χ0) is 14.2. The molecule has 0 spiro atoms. The maximum atomic E-state index is 5.60. The molecule has 2 unspecified atom stereocenters. The lowest BCUT2D eigenvalue weighted by Crippen LogP contribution is -2.19. The van der Waals surface area contributed by atoms with Crippen molar-refractivity contribution in [3.05, 3.63) is 5.89 Å². The van der Waals surface area contributed by atoms with Crippen LogP contribution in [0.2, 0.25) is 0 Å². The van der Waals surface area contributed by atoms with Crippen molar-refractivity contribution in [2.75, 3.05) is 25.6 Å². The number of nitrogens with one attached hydrogen (secondary N) is 2. The van der Waals surface area contributed by atoms with Gasteiger partial charge in [0.15, 0.2) is 0 Å². The monoisotopic (exact) mass is 282 g/mol. The summed E-state index contributed by atoms with van der Waals surface area (Å²) in [6.45, 7) is 4.38. The van der Waals surface area contributed by atoms with Crippen LogP contribution < -0.4 is 10.6 Å². The average Bonchev–Trinajstić information content (AvgIpc) is 2.78. The highest BCUT2D eigenvalue weighted by Gasteiger charge is 2.18. The Labute approximate surface area is 120 Å². The highest BCUT2D eigenvalue weighted by Crippen LogP contribution is 2.24. The molecule has 1 aliphatic rings. The Morgan fingerprint density at radius 1 is 1.25 bits per heavy atom. The zero-order valence-electron chi connectivity index (χ0n) is 12.5. The van der Waals surface area contributed by atoms with Crippen LogP contribution in [0, 0.1) is 5.92 Å². The molecule has 2 atom stereocenters. The summed E-state index contributed by atoms with van der Waals surface area (Å²) in [4.78, 5) is 0. The van der Waals surface area contributed by atoms with Crippen molar-refractivity contribution >= 4 is 6.01 Å². The van der Waals surface area contributed by atoms with Crippen molar-refractivity contribution < 1.29 is 9.15 Å². The molecule has 6 nitrogen and oxygen atoms in total. The standard InChI is InChI=1S/C14H26N4O2/c1-11-4-3-5-12(7-6-11)16-14-18-17-13(20-14)10-15-8-9-19-2/h11-12,15H,3-10H2,1-2H3,(H,16,18). The van der Waals surface area contributed by atoms with Crippen molar-refractivity contribution in [1.82, 2.24) is 15.5 Å². The van der Waals surface area contributed by atoms with E-state index in [0.717, 1.165) is 12.5 Å². The van der Waals surface area contributed by atoms with E-state index in [1.54, 1.807) is 7.11 Å². The van der Waals surface area contributed by atoms with Gasteiger partial charge in [0.25, 0.3) is 0 Å². The van der Waals surface area contributed by atoms with Gasteiger partial charge in [0.05, 0.1) is 13.2 Å². The lowest BCUT2D eigenvalue weighted by molar-refractivity contribution is 0.198. The van der Waals surface area contributed by atoms with Crippen LogP contribution in [0.1, 0.15) is 44.9 Å². The van der Waals surface area contributed by atoms with Gasteiger partial charge in [0.2, 0.25) is 5.89 Å². The molecule has 20 heavy (non-hydrogen) atoms. The van der Waals surface area contributed by atoms with Gasteiger partial charge < -0.3 is 19.8 Å². The van der Waals surface area contributed by atoms with E-state index in [0.29, 0.717) is 31.1 Å². The molecule has 0 saturated heterocycles. The van der Waals surface area contributed by atoms with Gasteiger partial charge in [-0.25, -0.2) is 0 Å². The molecule has 1 aromatic rings. The summed E-state index contributed by atoms with van der Waals surface area (Å²) in [5.74, 6) is 1.45. The minimum atomic E-state index is 0.467. The third kappa shape index (κ3) is 5.09. The van der Waals surface area contributed by atoms with Gasteiger partial charge in [-0.2, -0.15) is 0 Å². The van der Waals surface area contributed by atoms with Crippen molar-refractivity contribution in [1.29, 1.82) is 0 Å². The summed E-state index contributed by atoms with van der Waals surface area (Å²) in [5.41, 5.74) is 0. The van der Waals surface area contributed by atoms with E-state index in [9.17, 15) is 0 Å². The number of methoxy groups -OCH3 is 1. The van der Waals surface area contributed by atoms with E-state index in [2.05, 4.69) is 27.8 Å². The van der Waals surface area contributed by atoms with E-state index in [1.165, 1.54) is 32.1 Å². The first kappa shape index (κ1) is 15.3. The Kier molecular flexibility index (Phi) is 6.26. The van der Waals surface area contributed by atoms with Crippen molar-refractivity contribution in [3.8, 4) is 0 Å². The average molecular weight is 282 g/mol. The fourth-order valence-corrected chi connectivity index (χ4v) is 2.56. The second kappa shape index (κ2) is 8.21. The van der Waals surface area contributed by atoms with E-state index in [4.69, 9.17) is 9.15 Å². The molecule has 6 heteroatoms. The summed E-state index contributed by atoms with van der Waals surface area (Å²) < 4.78 is 10.6. The second-order valence-corrected chi connectivity index (χ2v) is 5.63. The molecule has 114 valence electrons. The number of anilines is 1. The summed E-state index contributed by atoms with van der Waals surface area (Å²) in [6.07, 6.45) is 6.26. The maximum Gasteiger partial charge on any atom is 0.315 e. The lowest BCUT2D eigenvalue weighted by Gasteiger charge is -2.13. The first-order valence-electron chi connectivity index (χ1n) is 7.56. The van der Waals surface area contributed by atoms with Gasteiger partial charge in [-0.05, 0) is 25.2 Å². The van der Waals surface area contributed by atoms with Gasteiger partial charge >= 0.3 is 6.01 Å². The SMILES string of the molecule is COCCNCc1nnc(NC2CCCC(C)CC2)o1. The molecular formula is C14H26N4O2. The molecule has 0 amide bonds. The largest absolute Gasteiger partial charge is 0.407 e. The molecule has 1 saturated carbocycles. The topological polar surface area (TPSA) is 72.2 Å². The zero-order valence-corrected chi connectivity index (χ0v) is 12.5. The molecule has 1 aliphatic carbocycles. The Bertz CT molecular complexity index is 383. The Morgan fingerprint density at radius 3 is 3.00 bits per heavy atom. The maximum absolute atomic E-state index is 5.60. The molecule has 0 aromatic carbocycles. The number of hydrogen-bond donors (Lipinski definition) is 2. The predicted octanol–water partition coefficient (Wildman–Crippen LogP) is 2.19. The smallest absolute Gasteiger partial charge is 0.315 e. The fourth-order valence-electron chi connectivity index (χ4n) is 2.56. The molecule has 0 aliphatic heterocycles. The summed E-state index contributed by atoms with van der Waals surface area (Å²) >= 11 is 0. The number of aromatic nitrogens is 2. The molecule has 1 aromatic heterocycles. The van der Waals surface area contributed by atoms with E-state index in [1.807, 2.05) is 0 Å². The van der Waals surface area contributed by atoms with Gasteiger partial charge in [-0.15, -0.1) is 5.10 Å². The molecular weight excluding hydrogens is 256 g/mol. The lowest BCUT2D eigenvalue weighted by atomic mass is 10.0. The molecule has 2 N–H and O–H groups in total. The highest BCUT2D eigenvalue weighted by atomic mass is 16.5. The number of ether oxygens (including phenoxy) is 1. The van der Waals surface area contributed by atoms with E-state index < -0.39 is 0 Å². The van der Waals surface area contributed by atoms with E-state index >= 15 is 0 Å². The minimum Gasteiger partial charge on any atom is -0.407 e. The molecule has 2 rings (SSSR count). The van der Waals surface area contributed by atoms with Crippen LogP contribution in [0.25, 0.3) is 0 Å². The van der Waals surface area contributed by atoms with Gasteiger partial charge in [-0.3, -0.25) is 0 Å². The Morgan fingerprint density at radius 2 is 2.15 bits per heavy atom. The van der Waals surface area contributed by atoms with Crippen LogP contribution in [-0.2, 0) is 11.3 Å². The first-order chi connectivity index (χ1) is 9.78. The Hall–Kier alpha value is -1.14. The van der Waals surface area contributed by atoms with Crippen molar-refractivity contribution in [3.63, 3.8) is 0 Å². The molecule has 0 radical (unpaired) electrons. The molecule has 1 fully saturated rings. The van der Waals surface area contributed by atoms with Crippen LogP contribution in [0.5, 0.6) is 0 Å². The van der Waals surface area contributed by atoms with Gasteiger partial charge in [0.1, 0.15) is 0 Å². The Balaban J connectivity index is 1.74. The van der Waals surface area contributed by atoms with Gasteiger partial charge in [-0.1, -0.05) is 24.9 Å². The normalized spacial score (nSPS) is 23.5. The summed E-state index contributed by atoms with van der Waals surface area (Å²) in [7, 11) is 1.68. The van der Waals surface area contributed by atoms with Crippen LogP contribution in [0.4, 0.5) is 6.01 Å². The summed E-state index contributed by atoms with van der Waals surface area (Å²) in [6, 6.07) is 1.02. The van der Waals surface area contributed by atoms with Gasteiger partial charge in [0, 0.05) is 19.7 Å². The number of rotatable bonds is 7. The van der Waals surface area contributed by atoms with Crippen molar-refractivity contribution in [2.45, 2.75) is 51.6 Å².